The molecule has 2 N–H and O–H groups in total. The number of hydrogen-bond donors (Lipinski definition) is 1. The number of aromatic nitrogens is 2. The van der Waals surface area contributed by atoms with Crippen molar-refractivity contribution in [2.45, 2.75) is 64.3 Å². The normalized spacial score (nSPS) is 27.7. The minimum Gasteiger partial charge on any atom is -0.325 e. The van der Waals surface area contributed by atoms with Crippen molar-refractivity contribution in [3.63, 3.8) is 0 Å². The Labute approximate surface area is 125 Å². The van der Waals surface area contributed by atoms with Crippen molar-refractivity contribution < 1.29 is 0 Å². The lowest BCUT2D eigenvalue weighted by Gasteiger charge is -2.38. The van der Waals surface area contributed by atoms with Crippen molar-refractivity contribution in [2.24, 2.45) is 18.7 Å². The Hall–Kier alpha value is -0.350. The van der Waals surface area contributed by atoms with Gasteiger partial charge in [-0.05, 0) is 41.1 Å². The summed E-state index contributed by atoms with van der Waals surface area (Å²) >= 11 is 3.71. The van der Waals surface area contributed by atoms with E-state index < -0.39 is 0 Å². The Morgan fingerprint density at radius 1 is 1.47 bits per heavy atom. The summed E-state index contributed by atoms with van der Waals surface area (Å²) in [5.41, 5.74) is 9.05. The van der Waals surface area contributed by atoms with Crippen LogP contribution in [0.25, 0.3) is 0 Å². The molecule has 108 valence electrons. The minimum absolute atomic E-state index is 0.0414. The molecule has 0 aliphatic heterocycles. The lowest BCUT2D eigenvalue weighted by atomic mass is 9.73. The lowest BCUT2D eigenvalue weighted by Crippen LogP contribution is -2.46. The molecule has 2 atom stereocenters. The molecule has 2 unspecified atom stereocenters. The third-order valence-electron chi connectivity index (χ3n) is 4.58. The van der Waals surface area contributed by atoms with E-state index in [1.165, 1.54) is 29.4 Å². The van der Waals surface area contributed by atoms with Crippen LogP contribution < -0.4 is 5.73 Å². The van der Waals surface area contributed by atoms with Crippen LogP contribution in [0.1, 0.15) is 57.3 Å². The van der Waals surface area contributed by atoms with Gasteiger partial charge in [-0.3, -0.25) is 4.68 Å². The highest BCUT2D eigenvalue weighted by atomic mass is 79.9. The molecule has 1 heterocycles. The van der Waals surface area contributed by atoms with Gasteiger partial charge in [0.15, 0.2) is 0 Å². The SMILES string of the molecule is CCc1nn(C)c(CC2(N)CCCC(CC)C2)c1Br. The Kier molecular flexibility index (Phi) is 4.72. The monoisotopic (exact) mass is 327 g/mol. The quantitative estimate of drug-likeness (QED) is 0.918. The van der Waals surface area contributed by atoms with Crippen LogP contribution in [0.15, 0.2) is 4.47 Å². The molecule has 1 fully saturated rings. The van der Waals surface area contributed by atoms with E-state index in [9.17, 15) is 0 Å². The Bertz CT molecular complexity index is 441. The number of hydrogen-bond acceptors (Lipinski definition) is 2. The van der Waals surface area contributed by atoms with Crippen molar-refractivity contribution in [1.82, 2.24) is 9.78 Å². The van der Waals surface area contributed by atoms with Gasteiger partial charge in [0.05, 0.1) is 15.9 Å². The molecule has 3 nitrogen and oxygen atoms in total. The third kappa shape index (κ3) is 3.22. The summed E-state index contributed by atoms with van der Waals surface area (Å²) in [6.45, 7) is 4.42. The summed E-state index contributed by atoms with van der Waals surface area (Å²) in [5.74, 6) is 0.802. The molecule has 0 aromatic carbocycles. The molecule has 0 bridgehead atoms. The zero-order valence-electron chi connectivity index (χ0n) is 12.4. The van der Waals surface area contributed by atoms with E-state index in [0.717, 1.165) is 37.3 Å². The van der Waals surface area contributed by atoms with Gasteiger partial charge in [-0.2, -0.15) is 5.10 Å². The molecule has 1 aliphatic carbocycles. The predicted octanol–water partition coefficient (Wildman–Crippen LogP) is 3.59. The first-order valence-electron chi connectivity index (χ1n) is 7.48. The van der Waals surface area contributed by atoms with Gasteiger partial charge in [-0.15, -0.1) is 0 Å². The fourth-order valence-electron chi connectivity index (χ4n) is 3.38. The van der Waals surface area contributed by atoms with Gasteiger partial charge in [0, 0.05) is 19.0 Å². The number of nitrogens with zero attached hydrogens (tertiary/aromatic N) is 2. The second-order valence-corrected chi connectivity index (χ2v) is 6.89. The first kappa shape index (κ1) is 15.0. The first-order chi connectivity index (χ1) is 8.99. The molecule has 2 rings (SSSR count). The van der Waals surface area contributed by atoms with E-state index >= 15 is 0 Å². The van der Waals surface area contributed by atoms with Crippen LogP contribution >= 0.6 is 15.9 Å². The van der Waals surface area contributed by atoms with E-state index in [0.29, 0.717) is 0 Å². The molecule has 1 aromatic heterocycles. The van der Waals surface area contributed by atoms with Gasteiger partial charge in [0.1, 0.15) is 0 Å². The van der Waals surface area contributed by atoms with Gasteiger partial charge in [-0.25, -0.2) is 0 Å². The summed E-state index contributed by atoms with van der Waals surface area (Å²) in [7, 11) is 2.03. The maximum absolute atomic E-state index is 6.68. The maximum Gasteiger partial charge on any atom is 0.0766 e. The number of halogens is 1. The largest absolute Gasteiger partial charge is 0.325 e. The van der Waals surface area contributed by atoms with Crippen molar-refractivity contribution in [3.05, 3.63) is 15.9 Å². The number of aryl methyl sites for hydroxylation is 2. The maximum atomic E-state index is 6.68. The van der Waals surface area contributed by atoms with Crippen LogP contribution in [-0.4, -0.2) is 15.3 Å². The van der Waals surface area contributed by atoms with Crippen LogP contribution in [-0.2, 0) is 19.9 Å². The topological polar surface area (TPSA) is 43.8 Å². The molecule has 0 saturated heterocycles. The Morgan fingerprint density at radius 3 is 2.79 bits per heavy atom. The van der Waals surface area contributed by atoms with Gasteiger partial charge < -0.3 is 5.73 Å². The zero-order valence-corrected chi connectivity index (χ0v) is 14.0. The Morgan fingerprint density at radius 2 is 2.21 bits per heavy atom. The molecule has 19 heavy (non-hydrogen) atoms. The fraction of sp³-hybridized carbons (Fsp3) is 0.800. The average Bonchev–Trinajstić information content (AvgIpc) is 2.66. The molecular weight excluding hydrogens is 302 g/mol. The summed E-state index contributed by atoms with van der Waals surface area (Å²) in [4.78, 5) is 0. The minimum atomic E-state index is -0.0414. The fourth-order valence-corrected chi connectivity index (χ4v) is 4.13. The van der Waals surface area contributed by atoms with Gasteiger partial charge in [0.2, 0.25) is 0 Å². The second-order valence-electron chi connectivity index (χ2n) is 6.09. The van der Waals surface area contributed by atoms with Crippen LogP contribution in [0.3, 0.4) is 0 Å². The highest BCUT2D eigenvalue weighted by Gasteiger charge is 2.34. The molecule has 1 saturated carbocycles. The molecule has 4 heteroatoms. The van der Waals surface area contributed by atoms with E-state index in [2.05, 4.69) is 34.9 Å². The zero-order chi connectivity index (χ0) is 14.0. The molecule has 0 radical (unpaired) electrons. The van der Waals surface area contributed by atoms with E-state index in [1.54, 1.807) is 0 Å². The third-order valence-corrected chi connectivity index (χ3v) is 5.50. The highest BCUT2D eigenvalue weighted by molar-refractivity contribution is 9.10. The first-order valence-corrected chi connectivity index (χ1v) is 8.27. The molecule has 0 amide bonds. The number of nitrogens with two attached hydrogens (primary N) is 1. The van der Waals surface area contributed by atoms with Crippen molar-refractivity contribution in [3.8, 4) is 0 Å². The molecule has 1 aliphatic rings. The number of rotatable bonds is 4. The van der Waals surface area contributed by atoms with Crippen LogP contribution in [0.5, 0.6) is 0 Å². The van der Waals surface area contributed by atoms with Crippen LogP contribution in [0.2, 0.25) is 0 Å². The van der Waals surface area contributed by atoms with Crippen LogP contribution in [0, 0.1) is 5.92 Å². The summed E-state index contributed by atoms with van der Waals surface area (Å²) in [6, 6.07) is 0. The smallest absolute Gasteiger partial charge is 0.0766 e. The highest BCUT2D eigenvalue weighted by Crippen LogP contribution is 2.36. The molecule has 1 aromatic rings. The lowest BCUT2D eigenvalue weighted by molar-refractivity contribution is 0.215. The summed E-state index contributed by atoms with van der Waals surface area (Å²) in [6.07, 6.45) is 8.07. The second kappa shape index (κ2) is 5.96. The summed E-state index contributed by atoms with van der Waals surface area (Å²) in [5, 5.41) is 4.58. The standard InChI is InChI=1S/C15H26BrN3/c1-4-11-7-6-8-15(17,9-11)10-13-14(16)12(5-2)18-19(13)3/h11H,4-10,17H2,1-3H3. The van der Waals surface area contributed by atoms with Crippen molar-refractivity contribution in [1.29, 1.82) is 0 Å². The molecule has 0 spiro atoms. The van der Waals surface area contributed by atoms with Crippen molar-refractivity contribution >= 4 is 15.9 Å². The average molecular weight is 328 g/mol. The van der Waals surface area contributed by atoms with Gasteiger partial charge in [0.25, 0.3) is 0 Å². The van der Waals surface area contributed by atoms with E-state index in [-0.39, 0.29) is 5.54 Å². The van der Waals surface area contributed by atoms with Gasteiger partial charge >= 0.3 is 0 Å². The van der Waals surface area contributed by atoms with E-state index in [1.807, 2.05) is 11.7 Å². The predicted molar refractivity (Wildman–Crippen MR) is 83.2 cm³/mol. The Balaban J connectivity index is 2.18. The van der Waals surface area contributed by atoms with Crippen LogP contribution in [0.4, 0.5) is 0 Å². The molecular formula is C15H26BrN3. The van der Waals surface area contributed by atoms with Gasteiger partial charge in [-0.1, -0.05) is 33.1 Å². The van der Waals surface area contributed by atoms with Crippen molar-refractivity contribution in [2.75, 3.05) is 0 Å². The van der Waals surface area contributed by atoms with E-state index in [4.69, 9.17) is 5.73 Å². The summed E-state index contributed by atoms with van der Waals surface area (Å²) < 4.78 is 3.17.